The van der Waals surface area contributed by atoms with Gasteiger partial charge in [0.05, 0.1) is 7.11 Å². The molecule has 4 heterocycles. The number of carbonyl (C=O) groups excluding carboxylic acids is 1. The van der Waals surface area contributed by atoms with Crippen LogP contribution in [-0.4, -0.2) is 63.9 Å². The van der Waals surface area contributed by atoms with Crippen molar-refractivity contribution >= 4 is 28.7 Å². The van der Waals surface area contributed by atoms with Gasteiger partial charge in [-0.05, 0) is 41.8 Å². The SMILES string of the molecule is COc1cccc(C(=O)N2CCN(c3ccc4nnc(-c5ccsc5)n4n3)CC2)c1. The van der Waals surface area contributed by atoms with Crippen molar-refractivity contribution in [1.82, 2.24) is 24.7 Å². The number of amides is 1. The molecular formula is C21H20N6O2S. The summed E-state index contributed by atoms with van der Waals surface area (Å²) in [6, 6.07) is 13.2. The van der Waals surface area contributed by atoms with Crippen molar-refractivity contribution < 1.29 is 9.53 Å². The monoisotopic (exact) mass is 420 g/mol. The maximum absolute atomic E-state index is 12.8. The first kappa shape index (κ1) is 18.6. The highest BCUT2D eigenvalue weighted by molar-refractivity contribution is 7.08. The van der Waals surface area contributed by atoms with Crippen molar-refractivity contribution in [2.24, 2.45) is 0 Å². The van der Waals surface area contributed by atoms with Crippen molar-refractivity contribution in [2.45, 2.75) is 0 Å². The first-order valence-corrected chi connectivity index (χ1v) is 10.6. The second kappa shape index (κ2) is 7.75. The number of rotatable bonds is 4. The third-order valence-electron chi connectivity index (χ3n) is 5.24. The summed E-state index contributed by atoms with van der Waals surface area (Å²) in [7, 11) is 1.60. The summed E-state index contributed by atoms with van der Waals surface area (Å²) in [6.07, 6.45) is 0. The Morgan fingerprint density at radius 3 is 2.70 bits per heavy atom. The van der Waals surface area contributed by atoms with E-state index in [-0.39, 0.29) is 5.91 Å². The van der Waals surface area contributed by atoms with Crippen molar-refractivity contribution in [3.05, 3.63) is 58.8 Å². The molecule has 1 aliphatic rings. The molecule has 0 N–H and O–H groups in total. The molecule has 1 saturated heterocycles. The first-order valence-electron chi connectivity index (χ1n) is 9.66. The van der Waals surface area contributed by atoms with E-state index in [1.807, 2.05) is 52.1 Å². The van der Waals surface area contributed by atoms with Crippen LogP contribution < -0.4 is 9.64 Å². The summed E-state index contributed by atoms with van der Waals surface area (Å²) in [6.45, 7) is 2.69. The molecule has 0 aliphatic carbocycles. The predicted molar refractivity (Wildman–Crippen MR) is 115 cm³/mol. The molecule has 0 bridgehead atoms. The van der Waals surface area contributed by atoms with E-state index in [1.165, 1.54) is 0 Å². The Balaban J connectivity index is 1.32. The number of piperazine rings is 1. The number of aromatic nitrogens is 4. The Morgan fingerprint density at radius 2 is 1.93 bits per heavy atom. The van der Waals surface area contributed by atoms with E-state index in [2.05, 4.69) is 15.1 Å². The van der Waals surface area contributed by atoms with Crippen LogP contribution in [0.1, 0.15) is 10.4 Å². The van der Waals surface area contributed by atoms with E-state index < -0.39 is 0 Å². The van der Waals surface area contributed by atoms with Gasteiger partial charge in [-0.1, -0.05) is 6.07 Å². The van der Waals surface area contributed by atoms with Crippen molar-refractivity contribution in [3.8, 4) is 17.1 Å². The number of nitrogens with zero attached hydrogens (tertiary/aromatic N) is 6. The number of hydrogen-bond acceptors (Lipinski definition) is 7. The number of anilines is 1. The van der Waals surface area contributed by atoms with Gasteiger partial charge in [-0.25, -0.2) is 0 Å². The molecule has 9 heteroatoms. The molecule has 3 aromatic heterocycles. The number of carbonyl (C=O) groups is 1. The molecule has 1 aromatic carbocycles. The zero-order valence-electron chi connectivity index (χ0n) is 16.4. The fraction of sp³-hybridized carbons (Fsp3) is 0.238. The summed E-state index contributed by atoms with van der Waals surface area (Å²) >= 11 is 1.62. The predicted octanol–water partition coefficient (Wildman–Crippen LogP) is 2.82. The molecule has 0 spiro atoms. The highest BCUT2D eigenvalue weighted by Crippen LogP contribution is 2.22. The fourth-order valence-corrected chi connectivity index (χ4v) is 4.23. The number of methoxy groups -OCH3 is 1. The van der Waals surface area contributed by atoms with E-state index in [4.69, 9.17) is 9.84 Å². The van der Waals surface area contributed by atoms with E-state index in [1.54, 1.807) is 29.0 Å². The van der Waals surface area contributed by atoms with Crippen LogP contribution in [0.2, 0.25) is 0 Å². The molecule has 0 saturated carbocycles. The Labute approximate surface area is 177 Å². The lowest BCUT2D eigenvalue weighted by atomic mass is 10.1. The van der Waals surface area contributed by atoms with Gasteiger partial charge >= 0.3 is 0 Å². The van der Waals surface area contributed by atoms with E-state index in [9.17, 15) is 4.79 Å². The van der Waals surface area contributed by atoms with E-state index >= 15 is 0 Å². The van der Waals surface area contributed by atoms with Crippen LogP contribution in [0.3, 0.4) is 0 Å². The average Bonchev–Trinajstić information content (AvgIpc) is 3.48. The topological polar surface area (TPSA) is 75.9 Å². The van der Waals surface area contributed by atoms with Crippen molar-refractivity contribution in [3.63, 3.8) is 0 Å². The minimum Gasteiger partial charge on any atom is -0.497 e. The fourth-order valence-electron chi connectivity index (χ4n) is 3.60. The van der Waals surface area contributed by atoms with Gasteiger partial charge in [-0.2, -0.15) is 15.9 Å². The highest BCUT2D eigenvalue weighted by atomic mass is 32.1. The molecule has 152 valence electrons. The molecule has 30 heavy (non-hydrogen) atoms. The van der Waals surface area contributed by atoms with Crippen LogP contribution in [0.15, 0.2) is 53.2 Å². The minimum absolute atomic E-state index is 0.0236. The average molecular weight is 420 g/mol. The van der Waals surface area contributed by atoms with Crippen LogP contribution in [-0.2, 0) is 0 Å². The molecular weight excluding hydrogens is 400 g/mol. The van der Waals surface area contributed by atoms with Crippen LogP contribution in [0, 0.1) is 0 Å². The maximum atomic E-state index is 12.8. The number of thiophene rings is 1. The highest BCUT2D eigenvalue weighted by Gasteiger charge is 2.24. The second-order valence-electron chi connectivity index (χ2n) is 7.01. The van der Waals surface area contributed by atoms with Crippen molar-refractivity contribution in [2.75, 3.05) is 38.2 Å². The number of fused-ring (bicyclic) bond motifs is 1. The molecule has 5 rings (SSSR count). The van der Waals surface area contributed by atoms with Gasteiger partial charge in [0.25, 0.3) is 5.91 Å². The van der Waals surface area contributed by atoms with Gasteiger partial charge in [-0.15, -0.1) is 15.3 Å². The van der Waals surface area contributed by atoms with Crippen LogP contribution >= 0.6 is 11.3 Å². The molecule has 1 aliphatic heterocycles. The third kappa shape index (κ3) is 3.37. The minimum atomic E-state index is 0.0236. The number of ether oxygens (including phenoxy) is 1. The van der Waals surface area contributed by atoms with Crippen LogP contribution in [0.25, 0.3) is 17.0 Å². The Bertz CT molecular complexity index is 1180. The molecule has 4 aromatic rings. The van der Waals surface area contributed by atoms with Gasteiger partial charge in [0.15, 0.2) is 11.5 Å². The summed E-state index contributed by atoms with van der Waals surface area (Å²) in [5, 5.41) is 17.3. The van der Waals surface area contributed by atoms with E-state index in [0.29, 0.717) is 43.1 Å². The van der Waals surface area contributed by atoms with Gasteiger partial charge in [0, 0.05) is 42.7 Å². The standard InChI is InChI=1S/C21H20N6O2S/c1-29-17-4-2-3-15(13-17)21(28)26-10-8-25(9-11-26)19-6-5-18-22-23-20(27(18)24-19)16-7-12-30-14-16/h2-7,12-14H,8-11H2,1H3. The van der Waals surface area contributed by atoms with Gasteiger partial charge in [0.2, 0.25) is 0 Å². The lowest BCUT2D eigenvalue weighted by Crippen LogP contribution is -2.49. The third-order valence-corrected chi connectivity index (χ3v) is 5.92. The van der Waals surface area contributed by atoms with Crippen molar-refractivity contribution in [1.29, 1.82) is 0 Å². The number of benzene rings is 1. The molecule has 0 atom stereocenters. The normalized spacial score (nSPS) is 14.3. The molecule has 1 fully saturated rings. The molecule has 0 unspecified atom stereocenters. The molecule has 0 radical (unpaired) electrons. The zero-order chi connectivity index (χ0) is 20.5. The zero-order valence-corrected chi connectivity index (χ0v) is 17.2. The van der Waals surface area contributed by atoms with E-state index in [0.717, 1.165) is 17.2 Å². The lowest BCUT2D eigenvalue weighted by molar-refractivity contribution is 0.0746. The lowest BCUT2D eigenvalue weighted by Gasteiger charge is -2.35. The summed E-state index contributed by atoms with van der Waals surface area (Å²) < 4.78 is 7.02. The maximum Gasteiger partial charge on any atom is 0.254 e. The van der Waals surface area contributed by atoms with Gasteiger partial charge < -0.3 is 14.5 Å². The van der Waals surface area contributed by atoms with Gasteiger partial charge in [0.1, 0.15) is 11.6 Å². The van der Waals surface area contributed by atoms with Crippen LogP contribution in [0.4, 0.5) is 5.82 Å². The van der Waals surface area contributed by atoms with Crippen LogP contribution in [0.5, 0.6) is 5.75 Å². The largest absolute Gasteiger partial charge is 0.497 e. The van der Waals surface area contributed by atoms with Gasteiger partial charge in [-0.3, -0.25) is 4.79 Å². The quantitative estimate of drug-likeness (QED) is 0.505. The number of hydrogen-bond donors (Lipinski definition) is 0. The molecule has 1 amide bonds. The molecule has 8 nitrogen and oxygen atoms in total. The first-order chi connectivity index (χ1) is 14.7. The Hall–Kier alpha value is -3.46. The second-order valence-corrected chi connectivity index (χ2v) is 7.79. The summed E-state index contributed by atoms with van der Waals surface area (Å²) in [4.78, 5) is 16.9. The summed E-state index contributed by atoms with van der Waals surface area (Å²) in [5.41, 5.74) is 2.37. The smallest absolute Gasteiger partial charge is 0.254 e. The Morgan fingerprint density at radius 1 is 1.07 bits per heavy atom. The Kier molecular flexibility index (Phi) is 4.80. The summed E-state index contributed by atoms with van der Waals surface area (Å²) in [5.74, 6) is 2.30.